The molecule has 0 aliphatic rings. The molecule has 0 fully saturated rings. The third kappa shape index (κ3) is 4.71. The summed E-state index contributed by atoms with van der Waals surface area (Å²) in [5.41, 5.74) is 2.12. The summed E-state index contributed by atoms with van der Waals surface area (Å²) in [5.74, 6) is 0.402. The van der Waals surface area contributed by atoms with E-state index in [-0.39, 0.29) is 5.56 Å². The third-order valence-electron chi connectivity index (χ3n) is 3.73. The van der Waals surface area contributed by atoms with E-state index in [1.807, 2.05) is 12.1 Å². The second-order valence-electron chi connectivity index (χ2n) is 5.30. The predicted molar refractivity (Wildman–Crippen MR) is 95.3 cm³/mol. The molecule has 24 heavy (non-hydrogen) atoms. The van der Waals surface area contributed by atoms with E-state index in [1.54, 1.807) is 12.1 Å². The normalized spacial score (nSPS) is 10.6. The third-order valence-corrected chi connectivity index (χ3v) is 4.64. The summed E-state index contributed by atoms with van der Waals surface area (Å²) < 4.78 is 0. The molecular formula is C18H22N3O2S-. The summed E-state index contributed by atoms with van der Waals surface area (Å²) in [5, 5.41) is 11.7. The lowest BCUT2D eigenvalue weighted by Gasteiger charge is -2.20. The molecule has 0 saturated carbocycles. The molecule has 0 aliphatic carbocycles. The number of anilines is 1. The van der Waals surface area contributed by atoms with Gasteiger partial charge in [-0.1, -0.05) is 36.9 Å². The Kier molecular flexibility index (Phi) is 6.61. The lowest BCUT2D eigenvalue weighted by atomic mass is 10.1. The minimum absolute atomic E-state index is 0.195. The van der Waals surface area contributed by atoms with Crippen LogP contribution in [0.15, 0.2) is 35.5 Å². The van der Waals surface area contributed by atoms with Crippen molar-refractivity contribution in [1.82, 2.24) is 9.97 Å². The number of aryl methyl sites for hydroxylation is 1. The summed E-state index contributed by atoms with van der Waals surface area (Å²) >= 11 is 1.51. The molecule has 0 unspecified atom stereocenters. The zero-order valence-corrected chi connectivity index (χ0v) is 15.1. The van der Waals surface area contributed by atoms with Gasteiger partial charge in [0.1, 0.15) is 5.82 Å². The Bertz CT molecular complexity index is 702. The van der Waals surface area contributed by atoms with E-state index in [0.717, 1.165) is 41.7 Å². The Morgan fingerprint density at radius 2 is 1.92 bits per heavy atom. The van der Waals surface area contributed by atoms with E-state index in [9.17, 15) is 9.90 Å². The van der Waals surface area contributed by atoms with E-state index in [0.29, 0.717) is 5.75 Å². The van der Waals surface area contributed by atoms with E-state index >= 15 is 0 Å². The molecule has 5 nitrogen and oxygen atoms in total. The number of aromatic carboxylic acids is 1. The first-order chi connectivity index (χ1) is 11.6. The minimum Gasteiger partial charge on any atom is -0.545 e. The number of carbonyl (C=O) groups is 1. The Balaban J connectivity index is 2.18. The SMILES string of the molecule is CCc1cc(N(CC)CC)nc(SCc2cccc(C(=O)[O-])c2)n1. The van der Waals surface area contributed by atoms with Gasteiger partial charge in [-0.05, 0) is 37.5 Å². The molecule has 0 radical (unpaired) electrons. The fraction of sp³-hybridized carbons (Fsp3) is 0.389. The van der Waals surface area contributed by atoms with Crippen molar-refractivity contribution in [2.45, 2.75) is 38.1 Å². The maximum Gasteiger partial charge on any atom is 0.190 e. The predicted octanol–water partition coefficient (Wildman–Crippen LogP) is 2.54. The molecule has 6 heteroatoms. The summed E-state index contributed by atoms with van der Waals surface area (Å²) in [7, 11) is 0. The zero-order chi connectivity index (χ0) is 17.5. The van der Waals surface area contributed by atoms with Gasteiger partial charge < -0.3 is 14.8 Å². The standard InChI is InChI=1S/C18H23N3O2S/c1-4-15-11-16(21(5-2)6-3)20-18(19-15)24-12-13-8-7-9-14(10-13)17(22)23/h7-11H,4-6,12H2,1-3H3,(H,22,23)/p-1. The van der Waals surface area contributed by atoms with Crippen molar-refractivity contribution in [3.05, 3.63) is 47.2 Å². The van der Waals surface area contributed by atoms with Crippen LogP contribution in [0.3, 0.4) is 0 Å². The van der Waals surface area contributed by atoms with Gasteiger partial charge in [-0.15, -0.1) is 0 Å². The highest BCUT2D eigenvalue weighted by Gasteiger charge is 2.09. The number of carboxylic acid groups (broad SMARTS) is 1. The summed E-state index contributed by atoms with van der Waals surface area (Å²) in [6.07, 6.45) is 0.852. The summed E-state index contributed by atoms with van der Waals surface area (Å²) in [6, 6.07) is 8.83. The number of hydrogen-bond acceptors (Lipinski definition) is 6. The number of carbonyl (C=O) groups excluding carboxylic acids is 1. The highest BCUT2D eigenvalue weighted by molar-refractivity contribution is 7.98. The Labute approximate surface area is 147 Å². The van der Waals surface area contributed by atoms with Crippen LogP contribution in [0.4, 0.5) is 5.82 Å². The van der Waals surface area contributed by atoms with Crippen LogP contribution in [0.25, 0.3) is 0 Å². The van der Waals surface area contributed by atoms with Crippen molar-refractivity contribution in [2.75, 3.05) is 18.0 Å². The lowest BCUT2D eigenvalue weighted by Crippen LogP contribution is -2.23. The number of aromatic nitrogens is 2. The molecule has 0 amide bonds. The number of rotatable bonds is 8. The van der Waals surface area contributed by atoms with Crippen molar-refractivity contribution < 1.29 is 9.90 Å². The number of benzene rings is 1. The molecule has 128 valence electrons. The molecule has 1 aromatic carbocycles. The van der Waals surface area contributed by atoms with Gasteiger partial charge in [0.05, 0.1) is 5.97 Å². The summed E-state index contributed by atoms with van der Waals surface area (Å²) in [6.45, 7) is 8.08. The van der Waals surface area contributed by atoms with Crippen LogP contribution in [-0.4, -0.2) is 29.0 Å². The number of nitrogens with zero attached hydrogens (tertiary/aromatic N) is 3. The second kappa shape index (κ2) is 8.68. The van der Waals surface area contributed by atoms with Gasteiger partial charge >= 0.3 is 0 Å². The van der Waals surface area contributed by atoms with Gasteiger partial charge in [0.25, 0.3) is 0 Å². The Morgan fingerprint density at radius 1 is 1.17 bits per heavy atom. The first kappa shape index (κ1) is 18.3. The first-order valence-corrected chi connectivity index (χ1v) is 9.11. The van der Waals surface area contributed by atoms with Gasteiger partial charge in [0, 0.05) is 30.6 Å². The number of carboxylic acids is 1. The quantitative estimate of drug-likeness (QED) is 0.541. The molecule has 0 atom stereocenters. The van der Waals surface area contributed by atoms with Crippen LogP contribution in [0.2, 0.25) is 0 Å². The van der Waals surface area contributed by atoms with Crippen molar-refractivity contribution in [2.24, 2.45) is 0 Å². The topological polar surface area (TPSA) is 69.2 Å². The molecule has 1 heterocycles. The van der Waals surface area contributed by atoms with Crippen molar-refractivity contribution in [3.63, 3.8) is 0 Å². The van der Waals surface area contributed by atoms with E-state index in [4.69, 9.17) is 0 Å². The fourth-order valence-corrected chi connectivity index (χ4v) is 3.17. The molecule has 0 saturated heterocycles. The van der Waals surface area contributed by atoms with Crippen molar-refractivity contribution in [3.8, 4) is 0 Å². The molecular weight excluding hydrogens is 322 g/mol. The van der Waals surface area contributed by atoms with E-state index in [2.05, 4.69) is 35.6 Å². The molecule has 0 aliphatic heterocycles. The van der Waals surface area contributed by atoms with Crippen LogP contribution in [0.1, 0.15) is 42.4 Å². The van der Waals surface area contributed by atoms with Crippen LogP contribution in [0, 0.1) is 0 Å². The van der Waals surface area contributed by atoms with Gasteiger partial charge in [-0.2, -0.15) is 0 Å². The summed E-state index contributed by atoms with van der Waals surface area (Å²) in [4.78, 5) is 22.4. The van der Waals surface area contributed by atoms with Gasteiger partial charge in [0.2, 0.25) is 0 Å². The molecule has 2 aromatic rings. The highest BCUT2D eigenvalue weighted by Crippen LogP contribution is 2.23. The van der Waals surface area contributed by atoms with Crippen LogP contribution < -0.4 is 10.0 Å². The van der Waals surface area contributed by atoms with Crippen molar-refractivity contribution in [1.29, 1.82) is 0 Å². The fourth-order valence-electron chi connectivity index (χ4n) is 2.35. The smallest absolute Gasteiger partial charge is 0.190 e. The Morgan fingerprint density at radius 3 is 2.54 bits per heavy atom. The molecule has 0 N–H and O–H groups in total. The molecule has 0 bridgehead atoms. The van der Waals surface area contributed by atoms with E-state index < -0.39 is 5.97 Å². The second-order valence-corrected chi connectivity index (χ2v) is 6.24. The minimum atomic E-state index is -1.16. The highest BCUT2D eigenvalue weighted by atomic mass is 32.2. The van der Waals surface area contributed by atoms with Gasteiger partial charge in [-0.25, -0.2) is 9.97 Å². The van der Waals surface area contributed by atoms with Crippen LogP contribution in [-0.2, 0) is 12.2 Å². The maximum atomic E-state index is 10.9. The average molecular weight is 344 g/mol. The van der Waals surface area contributed by atoms with E-state index in [1.165, 1.54) is 17.8 Å². The van der Waals surface area contributed by atoms with Gasteiger partial charge in [-0.3, -0.25) is 0 Å². The number of thioether (sulfide) groups is 1. The first-order valence-electron chi connectivity index (χ1n) is 8.13. The van der Waals surface area contributed by atoms with Crippen LogP contribution >= 0.6 is 11.8 Å². The lowest BCUT2D eigenvalue weighted by molar-refractivity contribution is -0.255. The molecule has 1 aromatic heterocycles. The molecule has 2 rings (SSSR count). The van der Waals surface area contributed by atoms with Gasteiger partial charge in [0.15, 0.2) is 5.16 Å². The monoisotopic (exact) mass is 344 g/mol. The zero-order valence-electron chi connectivity index (χ0n) is 14.3. The largest absolute Gasteiger partial charge is 0.545 e. The average Bonchev–Trinajstić information content (AvgIpc) is 2.61. The molecule has 0 spiro atoms. The Hall–Kier alpha value is -2.08. The van der Waals surface area contributed by atoms with Crippen molar-refractivity contribution >= 4 is 23.5 Å². The van der Waals surface area contributed by atoms with Crippen LogP contribution in [0.5, 0.6) is 0 Å². The number of hydrogen-bond donors (Lipinski definition) is 0. The maximum absolute atomic E-state index is 10.9.